The Morgan fingerprint density at radius 1 is 1.16 bits per heavy atom. The zero-order valence-electron chi connectivity index (χ0n) is 20.7. The smallest absolute Gasteiger partial charge is 0.416 e. The third-order valence-electron chi connectivity index (χ3n) is 6.87. The summed E-state index contributed by atoms with van der Waals surface area (Å²) in [6.07, 6.45) is -7.90. The molecule has 0 spiro atoms. The van der Waals surface area contributed by atoms with Crippen molar-refractivity contribution >= 4 is 6.29 Å². The molecule has 200 valence electrons. The van der Waals surface area contributed by atoms with Crippen LogP contribution in [0.5, 0.6) is 11.5 Å². The van der Waals surface area contributed by atoms with Crippen molar-refractivity contribution in [2.75, 3.05) is 26.8 Å². The quantitative estimate of drug-likeness (QED) is 0.363. The molecule has 3 rings (SSSR count). The fraction of sp³-hybridized carbons (Fsp3) is 0.444. The average Bonchev–Trinajstić information content (AvgIpc) is 3.24. The van der Waals surface area contributed by atoms with Gasteiger partial charge in [-0.15, -0.1) is 0 Å². The van der Waals surface area contributed by atoms with Gasteiger partial charge in [-0.1, -0.05) is 24.8 Å². The summed E-state index contributed by atoms with van der Waals surface area (Å²) >= 11 is 0. The third-order valence-corrected chi connectivity index (χ3v) is 6.87. The number of benzene rings is 2. The molecular weight excluding hydrogens is 491 g/mol. The van der Waals surface area contributed by atoms with Gasteiger partial charge in [0.15, 0.2) is 17.8 Å². The van der Waals surface area contributed by atoms with E-state index in [4.69, 9.17) is 9.47 Å². The van der Waals surface area contributed by atoms with E-state index in [1.54, 1.807) is 24.0 Å². The minimum Gasteiger partial charge on any atom is -0.493 e. The zero-order chi connectivity index (χ0) is 27.4. The van der Waals surface area contributed by atoms with E-state index in [-0.39, 0.29) is 31.9 Å². The van der Waals surface area contributed by atoms with Gasteiger partial charge < -0.3 is 29.6 Å². The fourth-order valence-electron chi connectivity index (χ4n) is 4.47. The number of hydrogen-bond donors (Lipinski definition) is 3. The molecule has 1 saturated heterocycles. The summed E-state index contributed by atoms with van der Waals surface area (Å²) in [6, 6.07) is 9.77. The molecule has 5 atom stereocenters. The van der Waals surface area contributed by atoms with E-state index in [2.05, 4.69) is 11.8 Å². The normalized spacial score (nSPS) is 22.5. The maximum Gasteiger partial charge on any atom is 0.416 e. The highest BCUT2D eigenvalue weighted by atomic mass is 19.4. The number of hydrogen-bond acceptors (Lipinski definition) is 7. The van der Waals surface area contributed by atoms with Crippen LogP contribution in [0.4, 0.5) is 13.2 Å². The molecular formula is C27H30F3NO6. The Labute approximate surface area is 213 Å². The number of likely N-dealkylation sites (tertiary alicyclic amines) is 1. The first-order valence-electron chi connectivity index (χ1n) is 11.6. The van der Waals surface area contributed by atoms with Crippen molar-refractivity contribution in [1.82, 2.24) is 4.90 Å². The lowest BCUT2D eigenvalue weighted by atomic mass is 9.72. The van der Waals surface area contributed by atoms with Gasteiger partial charge in [0.25, 0.3) is 0 Å². The molecule has 10 heteroatoms. The van der Waals surface area contributed by atoms with Crippen LogP contribution in [0.2, 0.25) is 0 Å². The molecule has 7 nitrogen and oxygen atoms in total. The van der Waals surface area contributed by atoms with Crippen LogP contribution in [0.15, 0.2) is 42.5 Å². The average molecular weight is 522 g/mol. The van der Waals surface area contributed by atoms with Gasteiger partial charge in [-0.3, -0.25) is 4.90 Å². The van der Waals surface area contributed by atoms with E-state index in [0.717, 1.165) is 17.7 Å². The molecule has 2 unspecified atom stereocenters. The minimum atomic E-state index is -4.41. The molecule has 1 heterocycles. The standard InChI is InChI=1S/C27H30F3NO6/c1-17(33)26(2)16-31(25(35)22(34)15-32)14-21(26)19-8-11-23(36-3)24(13-19)37-12-4-5-18-6-9-20(10-7-18)27(28,29)30/h6-11,13,15,17,21-22,25,33-35H,12,14,16H2,1-3H3/t17-,21+,22?,25?,26+/m1/s1. The molecule has 0 radical (unpaired) electrons. The lowest BCUT2D eigenvalue weighted by Crippen LogP contribution is -2.45. The number of halogens is 3. The lowest BCUT2D eigenvalue weighted by Gasteiger charge is -2.34. The number of rotatable bonds is 8. The van der Waals surface area contributed by atoms with Gasteiger partial charge in [0.05, 0.1) is 18.8 Å². The number of aldehydes is 1. The molecule has 0 aromatic heterocycles. The van der Waals surface area contributed by atoms with Gasteiger partial charge in [-0.05, 0) is 48.9 Å². The van der Waals surface area contributed by atoms with Gasteiger partial charge in [0.1, 0.15) is 18.9 Å². The Hall–Kier alpha value is -3.10. The predicted octanol–water partition coefficient (Wildman–Crippen LogP) is 2.81. The molecule has 1 aliphatic heterocycles. The number of methoxy groups -OCH3 is 1. The largest absolute Gasteiger partial charge is 0.493 e. The molecule has 0 aliphatic carbocycles. The fourth-order valence-corrected chi connectivity index (χ4v) is 4.47. The molecule has 3 N–H and O–H groups in total. The number of carbonyl (C=O) groups is 1. The number of nitrogens with zero attached hydrogens (tertiary/aromatic N) is 1. The lowest BCUT2D eigenvalue weighted by molar-refractivity contribution is -0.137. The molecule has 0 amide bonds. The summed E-state index contributed by atoms with van der Waals surface area (Å²) < 4.78 is 49.3. The Balaban J connectivity index is 1.79. The summed E-state index contributed by atoms with van der Waals surface area (Å²) in [5, 5.41) is 30.7. The highest BCUT2D eigenvalue weighted by molar-refractivity contribution is 5.56. The summed E-state index contributed by atoms with van der Waals surface area (Å²) in [5.41, 5.74) is -0.270. The summed E-state index contributed by atoms with van der Waals surface area (Å²) in [4.78, 5) is 12.5. The van der Waals surface area contributed by atoms with E-state index in [0.29, 0.717) is 17.1 Å². The minimum absolute atomic E-state index is 0.0600. The van der Waals surface area contributed by atoms with Crippen molar-refractivity contribution in [2.45, 2.75) is 44.4 Å². The molecule has 37 heavy (non-hydrogen) atoms. The van der Waals surface area contributed by atoms with Gasteiger partial charge in [0, 0.05) is 30.0 Å². The second-order valence-electron chi connectivity index (χ2n) is 9.28. The van der Waals surface area contributed by atoms with E-state index in [1.165, 1.54) is 19.2 Å². The SMILES string of the molecule is COc1ccc([C@@H]2CN(C(O)C(O)C=O)C[C@@]2(C)[C@@H](C)O)cc1OCC#Cc1ccc(C(F)(F)F)cc1. The summed E-state index contributed by atoms with van der Waals surface area (Å²) in [7, 11) is 1.48. The summed E-state index contributed by atoms with van der Waals surface area (Å²) in [6.45, 7) is 3.96. The Bertz CT molecular complexity index is 1140. The van der Waals surface area contributed by atoms with Crippen LogP contribution in [0.3, 0.4) is 0 Å². The van der Waals surface area contributed by atoms with Crippen LogP contribution < -0.4 is 9.47 Å². The van der Waals surface area contributed by atoms with Crippen LogP contribution in [0, 0.1) is 17.3 Å². The van der Waals surface area contributed by atoms with Gasteiger partial charge >= 0.3 is 6.18 Å². The van der Waals surface area contributed by atoms with Crippen molar-refractivity contribution in [1.29, 1.82) is 0 Å². The Morgan fingerprint density at radius 3 is 2.41 bits per heavy atom. The maximum absolute atomic E-state index is 12.7. The van der Waals surface area contributed by atoms with Crippen molar-refractivity contribution < 1.29 is 42.8 Å². The maximum atomic E-state index is 12.7. The second kappa shape index (κ2) is 11.5. The van der Waals surface area contributed by atoms with E-state index < -0.39 is 35.6 Å². The number of aliphatic hydroxyl groups excluding tert-OH is 3. The van der Waals surface area contributed by atoms with Crippen LogP contribution in [0.1, 0.15) is 36.5 Å². The monoisotopic (exact) mass is 521 g/mol. The van der Waals surface area contributed by atoms with E-state index >= 15 is 0 Å². The number of alkyl halides is 3. The van der Waals surface area contributed by atoms with E-state index in [9.17, 15) is 33.3 Å². The van der Waals surface area contributed by atoms with Crippen molar-refractivity contribution in [3.63, 3.8) is 0 Å². The topological polar surface area (TPSA) is 99.5 Å². The first-order valence-corrected chi connectivity index (χ1v) is 11.6. The molecule has 0 saturated carbocycles. The number of carbonyl (C=O) groups excluding carboxylic acids is 1. The second-order valence-corrected chi connectivity index (χ2v) is 9.28. The van der Waals surface area contributed by atoms with Gasteiger partial charge in [0.2, 0.25) is 0 Å². The first kappa shape index (κ1) is 28.5. The van der Waals surface area contributed by atoms with Crippen LogP contribution in [-0.2, 0) is 11.0 Å². The molecule has 2 aromatic rings. The van der Waals surface area contributed by atoms with Crippen molar-refractivity contribution in [3.05, 3.63) is 59.2 Å². The van der Waals surface area contributed by atoms with Crippen molar-refractivity contribution in [2.24, 2.45) is 5.41 Å². The van der Waals surface area contributed by atoms with Gasteiger partial charge in [-0.2, -0.15) is 13.2 Å². The van der Waals surface area contributed by atoms with E-state index in [1.807, 2.05) is 13.0 Å². The van der Waals surface area contributed by atoms with Gasteiger partial charge in [-0.25, -0.2) is 0 Å². The van der Waals surface area contributed by atoms with Crippen molar-refractivity contribution in [3.8, 4) is 23.3 Å². The molecule has 1 fully saturated rings. The number of ether oxygens (including phenoxy) is 2. The predicted molar refractivity (Wildman–Crippen MR) is 129 cm³/mol. The zero-order valence-corrected chi connectivity index (χ0v) is 20.7. The highest BCUT2D eigenvalue weighted by Gasteiger charge is 2.49. The first-order chi connectivity index (χ1) is 17.4. The Kier molecular flexibility index (Phi) is 8.87. The molecule has 1 aliphatic rings. The van der Waals surface area contributed by atoms with Crippen LogP contribution in [0.25, 0.3) is 0 Å². The molecule has 2 aromatic carbocycles. The highest BCUT2D eigenvalue weighted by Crippen LogP contribution is 2.47. The number of aliphatic hydroxyl groups is 3. The van der Waals surface area contributed by atoms with Crippen LogP contribution in [-0.4, -0.2) is 71.7 Å². The van der Waals surface area contributed by atoms with Crippen LogP contribution >= 0.6 is 0 Å². The summed E-state index contributed by atoms with van der Waals surface area (Å²) in [5.74, 6) is 6.06. The molecule has 0 bridgehead atoms. The Morgan fingerprint density at radius 2 is 1.84 bits per heavy atom. The third kappa shape index (κ3) is 6.43.